The number of carbonyl (C=O) groups excluding carboxylic acids is 1. The van der Waals surface area contributed by atoms with Crippen LogP contribution in [0.15, 0.2) is 47.9 Å². The summed E-state index contributed by atoms with van der Waals surface area (Å²) >= 11 is 0. The Morgan fingerprint density at radius 3 is 1.91 bits per heavy atom. The van der Waals surface area contributed by atoms with Gasteiger partial charge in [-0.25, -0.2) is 0 Å². The maximum atomic E-state index is 12.8. The summed E-state index contributed by atoms with van der Waals surface area (Å²) in [6.45, 7) is -1.14. The predicted octanol–water partition coefficient (Wildman–Crippen LogP) is 2.17. The van der Waals surface area contributed by atoms with Gasteiger partial charge in [0.25, 0.3) is 5.78 Å². The normalized spacial score (nSPS) is 21.2. The Hall–Kier alpha value is -4.01. The van der Waals surface area contributed by atoms with Crippen LogP contribution < -0.4 is 18.9 Å². The zero-order valence-corrected chi connectivity index (χ0v) is 25.8. The second-order valence-corrected chi connectivity index (χ2v) is 10.6. The molecule has 0 radical (unpaired) electrons. The summed E-state index contributed by atoms with van der Waals surface area (Å²) in [4.78, 5) is 12.8. The monoisotopic (exact) mass is 632 g/mol. The van der Waals surface area contributed by atoms with Gasteiger partial charge in [0.1, 0.15) is 6.10 Å². The van der Waals surface area contributed by atoms with E-state index < -0.39 is 48.6 Å². The molecule has 2 aromatic carbocycles. The molecule has 1 aliphatic heterocycles. The van der Waals surface area contributed by atoms with Gasteiger partial charge in [-0.05, 0) is 60.4 Å². The summed E-state index contributed by atoms with van der Waals surface area (Å²) in [5.41, 5.74) is -0.143. The topological polar surface area (TPSA) is 183 Å². The van der Waals surface area contributed by atoms with Crippen molar-refractivity contribution in [2.45, 2.75) is 31.2 Å². The lowest BCUT2D eigenvalue weighted by Gasteiger charge is -2.37. The van der Waals surface area contributed by atoms with Gasteiger partial charge in [0.15, 0.2) is 34.5 Å². The molecule has 0 aromatic heterocycles. The Labute approximate surface area is 260 Å². The van der Waals surface area contributed by atoms with Crippen LogP contribution in [0.3, 0.4) is 0 Å². The first-order valence-corrected chi connectivity index (χ1v) is 14.2. The lowest BCUT2D eigenvalue weighted by molar-refractivity contribution is -0.119. The second kappa shape index (κ2) is 14.4. The van der Waals surface area contributed by atoms with Crippen molar-refractivity contribution in [3.8, 4) is 34.5 Å². The van der Waals surface area contributed by atoms with Gasteiger partial charge in [0.2, 0.25) is 11.5 Å². The molecule has 0 bridgehead atoms. The fourth-order valence-electron chi connectivity index (χ4n) is 5.95. The standard InChI is InChI=1S/C32H40O13/c1-39-22-10-17(7-6-8-33)9-20(36)29(22)44-30-23(40-2)11-18(12-24(30)41-3)28-19(15-34)32(31(45-28)21(37)16-35)13-25(42-4)27(38)26(14-32)43-5/h9-14,19,21,28,31,33-37H,6-8,15-16H2,1-5H3/t19-,21+,28-,31+/m1/s1. The predicted molar refractivity (Wildman–Crippen MR) is 159 cm³/mol. The Kier molecular flexibility index (Phi) is 10.8. The highest BCUT2D eigenvalue weighted by Gasteiger charge is 2.59. The molecule has 4 rings (SSSR count). The molecule has 1 saturated heterocycles. The molecule has 1 aliphatic carbocycles. The Morgan fingerprint density at radius 2 is 1.42 bits per heavy atom. The molecule has 246 valence electrons. The van der Waals surface area contributed by atoms with E-state index in [1.807, 2.05) is 0 Å². The van der Waals surface area contributed by atoms with Crippen LogP contribution in [0.1, 0.15) is 23.7 Å². The van der Waals surface area contributed by atoms with Gasteiger partial charge >= 0.3 is 0 Å². The zero-order valence-electron chi connectivity index (χ0n) is 25.8. The number of ether oxygens (including phenoxy) is 7. The van der Waals surface area contributed by atoms with Gasteiger partial charge in [-0.3, -0.25) is 4.79 Å². The molecule has 0 saturated carbocycles. The average molecular weight is 633 g/mol. The summed E-state index contributed by atoms with van der Waals surface area (Å²) < 4.78 is 40.0. The summed E-state index contributed by atoms with van der Waals surface area (Å²) in [7, 11) is 6.89. The van der Waals surface area contributed by atoms with Crippen molar-refractivity contribution < 1.29 is 63.5 Å². The van der Waals surface area contributed by atoms with E-state index in [0.29, 0.717) is 18.4 Å². The number of methoxy groups -OCH3 is 5. The molecule has 1 spiro atoms. The number of rotatable bonds is 14. The number of aliphatic hydroxyl groups is 4. The lowest BCUT2D eigenvalue weighted by atomic mass is 9.67. The van der Waals surface area contributed by atoms with Crippen LogP contribution in [0.5, 0.6) is 34.5 Å². The lowest BCUT2D eigenvalue weighted by Crippen LogP contribution is -2.45. The van der Waals surface area contributed by atoms with Crippen molar-refractivity contribution in [2.24, 2.45) is 11.3 Å². The third-order valence-electron chi connectivity index (χ3n) is 8.13. The summed E-state index contributed by atoms with van der Waals surface area (Å²) in [5, 5.41) is 51.6. The number of phenolic OH excluding ortho intramolecular Hbond substituents is 1. The number of carbonyl (C=O) groups is 1. The maximum absolute atomic E-state index is 12.8. The summed E-state index contributed by atoms with van der Waals surface area (Å²) in [5.74, 6) is -0.969. The molecule has 2 aromatic rings. The van der Waals surface area contributed by atoms with Gasteiger partial charge in [0, 0.05) is 19.1 Å². The van der Waals surface area contributed by atoms with E-state index in [4.69, 9.17) is 33.2 Å². The molecular weight excluding hydrogens is 592 g/mol. The molecule has 0 amide bonds. The SMILES string of the molecule is COC1=CC2(C=C(OC)C1=O)[C@H](CO)[C@@H](c1cc(OC)c(Oc3c(O)cc(CCCO)cc3OC)c(OC)c1)O[C@H]2[C@@H](O)CO. The van der Waals surface area contributed by atoms with Crippen molar-refractivity contribution in [3.63, 3.8) is 0 Å². The third kappa shape index (κ3) is 6.26. The van der Waals surface area contributed by atoms with E-state index in [-0.39, 0.29) is 52.6 Å². The fourth-order valence-corrected chi connectivity index (χ4v) is 5.95. The van der Waals surface area contributed by atoms with E-state index in [9.17, 15) is 30.3 Å². The van der Waals surface area contributed by atoms with Crippen LogP contribution in [0.25, 0.3) is 0 Å². The summed E-state index contributed by atoms with van der Waals surface area (Å²) in [6, 6.07) is 6.41. The molecule has 4 atom stereocenters. The van der Waals surface area contributed by atoms with Gasteiger partial charge in [-0.1, -0.05) is 0 Å². The van der Waals surface area contributed by atoms with Crippen LogP contribution in [0.4, 0.5) is 0 Å². The molecule has 1 fully saturated rings. The Bertz CT molecular complexity index is 1380. The number of aromatic hydroxyl groups is 1. The smallest absolute Gasteiger partial charge is 0.261 e. The highest BCUT2D eigenvalue weighted by atomic mass is 16.6. The van der Waals surface area contributed by atoms with Gasteiger partial charge in [-0.15, -0.1) is 0 Å². The van der Waals surface area contributed by atoms with Gasteiger partial charge in [-0.2, -0.15) is 0 Å². The molecular formula is C32H40O13. The Morgan fingerprint density at radius 1 is 0.844 bits per heavy atom. The van der Waals surface area contributed by atoms with Crippen LogP contribution in [-0.4, -0.2) is 98.9 Å². The molecule has 2 aliphatic rings. The number of benzene rings is 2. The molecule has 5 N–H and O–H groups in total. The van der Waals surface area contributed by atoms with Crippen molar-refractivity contribution >= 4 is 5.78 Å². The van der Waals surface area contributed by atoms with E-state index in [1.165, 1.54) is 53.8 Å². The zero-order chi connectivity index (χ0) is 32.9. The minimum atomic E-state index is -1.41. The van der Waals surface area contributed by atoms with Crippen molar-refractivity contribution in [1.29, 1.82) is 0 Å². The number of phenols is 1. The number of aliphatic hydroxyl groups excluding tert-OH is 4. The van der Waals surface area contributed by atoms with Crippen molar-refractivity contribution in [2.75, 3.05) is 55.4 Å². The number of Topliss-reactive ketones (excluding diaryl/α,β-unsaturated/α-hetero) is 1. The van der Waals surface area contributed by atoms with Crippen molar-refractivity contribution in [1.82, 2.24) is 0 Å². The van der Waals surface area contributed by atoms with E-state index in [2.05, 4.69) is 0 Å². The van der Waals surface area contributed by atoms with Gasteiger partial charge < -0.3 is 58.7 Å². The second-order valence-electron chi connectivity index (χ2n) is 10.6. The van der Waals surface area contributed by atoms with Crippen LogP contribution in [0.2, 0.25) is 0 Å². The Balaban J connectivity index is 1.82. The maximum Gasteiger partial charge on any atom is 0.261 e. The molecule has 13 nitrogen and oxygen atoms in total. The summed E-state index contributed by atoms with van der Waals surface area (Å²) in [6.07, 6.45) is 0.502. The molecule has 1 heterocycles. The fraction of sp³-hybridized carbons (Fsp3) is 0.469. The van der Waals surface area contributed by atoms with Crippen molar-refractivity contribution in [3.05, 3.63) is 59.1 Å². The highest BCUT2D eigenvalue weighted by Crippen LogP contribution is 2.57. The first-order valence-electron chi connectivity index (χ1n) is 14.2. The minimum absolute atomic E-state index is 0.00344. The average Bonchev–Trinajstić information content (AvgIpc) is 3.37. The van der Waals surface area contributed by atoms with E-state index >= 15 is 0 Å². The molecule has 13 heteroatoms. The minimum Gasteiger partial charge on any atom is -0.504 e. The third-order valence-corrected chi connectivity index (χ3v) is 8.13. The van der Waals surface area contributed by atoms with Crippen LogP contribution in [0, 0.1) is 11.3 Å². The number of aryl methyl sites for hydroxylation is 1. The van der Waals surface area contributed by atoms with E-state index in [0.717, 1.165) is 5.56 Å². The van der Waals surface area contributed by atoms with Crippen LogP contribution >= 0.6 is 0 Å². The largest absolute Gasteiger partial charge is 0.504 e. The van der Waals surface area contributed by atoms with Crippen LogP contribution in [-0.2, 0) is 25.4 Å². The highest BCUT2D eigenvalue weighted by molar-refractivity contribution is 6.06. The van der Waals surface area contributed by atoms with E-state index in [1.54, 1.807) is 18.2 Å². The quantitative estimate of drug-likeness (QED) is 0.204. The molecule has 45 heavy (non-hydrogen) atoms. The first-order chi connectivity index (χ1) is 21.7. The number of hydrogen-bond donors (Lipinski definition) is 5. The van der Waals surface area contributed by atoms with Gasteiger partial charge in [0.05, 0.1) is 59.8 Å². The number of hydrogen-bond acceptors (Lipinski definition) is 13. The number of ketones is 1. The molecule has 0 unspecified atom stereocenters. The first kappa shape index (κ1) is 33.9.